The largest absolute Gasteiger partial charge is 0.573 e. The lowest BCUT2D eigenvalue weighted by molar-refractivity contribution is -0.758. The van der Waals surface area contributed by atoms with Crippen LogP contribution in [0.15, 0.2) is 17.7 Å². The summed E-state index contributed by atoms with van der Waals surface area (Å²) in [5.41, 5.74) is -1.48. The molecule has 0 radical (unpaired) electrons. The van der Waals surface area contributed by atoms with E-state index >= 15 is 0 Å². The van der Waals surface area contributed by atoms with Crippen molar-refractivity contribution in [1.82, 2.24) is 0 Å². The Bertz CT molecular complexity index is 1040. The van der Waals surface area contributed by atoms with Gasteiger partial charge in [0, 0.05) is 12.0 Å². The van der Waals surface area contributed by atoms with Crippen LogP contribution in [0.2, 0.25) is 0 Å². The lowest BCUT2D eigenvalue weighted by Crippen LogP contribution is -2.41. The van der Waals surface area contributed by atoms with Crippen LogP contribution in [0.25, 0.3) is 6.08 Å². The number of benzene rings is 1. The Balaban J connectivity index is 2.14. The third kappa shape index (κ3) is 8.91. The topological polar surface area (TPSA) is 133 Å². The average Bonchev–Trinajstić information content (AvgIpc) is 2.75. The van der Waals surface area contributed by atoms with Gasteiger partial charge in [0.25, 0.3) is 5.09 Å². The van der Waals surface area contributed by atoms with E-state index in [9.17, 15) is 46.0 Å². The van der Waals surface area contributed by atoms with Crippen LogP contribution >= 0.6 is 0 Å². The number of carbonyl (C=O) groups excluding carboxylic acids is 2. The first-order chi connectivity index (χ1) is 17.1. The lowest BCUT2D eigenvalue weighted by Gasteiger charge is -2.29. The van der Waals surface area contributed by atoms with Crippen LogP contribution in [-0.2, 0) is 30.3 Å². The number of hydrogen-bond acceptors (Lipinski definition) is 10. The van der Waals surface area contributed by atoms with E-state index in [4.69, 9.17) is 4.74 Å². The van der Waals surface area contributed by atoms with Crippen molar-refractivity contribution < 1.29 is 69.5 Å². The van der Waals surface area contributed by atoms with E-state index in [-0.39, 0.29) is 24.0 Å². The number of fused-ring (bicyclic) bond motifs is 1. The summed E-state index contributed by atoms with van der Waals surface area (Å²) in [6.45, 7) is 1.19. The van der Waals surface area contributed by atoms with E-state index in [1.165, 1.54) is 13.8 Å². The standard InChI is InChI=1S/C20H19F6NO10/c1-3-11-6-13(37-20(24,25)26)7-12-8-14(16(19(21,22)23)36-15(11)12)17(28)32-9-33-18(29)35-10(2)4-5-34-27(30)31/h6-8,10,16H,3-5,9H2,1-2H3/t10-,16?/m0/s1. The van der Waals surface area contributed by atoms with Crippen molar-refractivity contribution in [2.45, 2.75) is 51.4 Å². The summed E-state index contributed by atoms with van der Waals surface area (Å²) in [6, 6.07) is 1.60. The van der Waals surface area contributed by atoms with Gasteiger partial charge in [-0.2, -0.15) is 13.2 Å². The zero-order chi connectivity index (χ0) is 28.0. The van der Waals surface area contributed by atoms with Crippen molar-refractivity contribution in [3.8, 4) is 11.5 Å². The number of alkyl halides is 6. The van der Waals surface area contributed by atoms with Crippen molar-refractivity contribution >= 4 is 18.2 Å². The van der Waals surface area contributed by atoms with Crippen molar-refractivity contribution in [3.63, 3.8) is 0 Å². The molecule has 0 spiro atoms. The van der Waals surface area contributed by atoms with Gasteiger partial charge in [0.05, 0.1) is 12.2 Å². The highest BCUT2D eigenvalue weighted by atomic mass is 19.4. The van der Waals surface area contributed by atoms with Crippen molar-refractivity contribution in [1.29, 1.82) is 0 Å². The Hall–Kier alpha value is -3.92. The van der Waals surface area contributed by atoms with Gasteiger partial charge in [0.1, 0.15) is 17.6 Å². The Labute approximate surface area is 203 Å². The first kappa shape index (κ1) is 29.3. The van der Waals surface area contributed by atoms with Crippen LogP contribution in [0.4, 0.5) is 31.1 Å². The maximum absolute atomic E-state index is 13.6. The second-order valence-electron chi connectivity index (χ2n) is 7.26. The number of carbonyl (C=O) groups is 2. The summed E-state index contributed by atoms with van der Waals surface area (Å²) >= 11 is 0. The van der Waals surface area contributed by atoms with E-state index in [1.54, 1.807) is 0 Å². The molecule has 0 N–H and O–H groups in total. The fourth-order valence-electron chi connectivity index (χ4n) is 2.99. The normalized spacial score (nSPS) is 15.9. The summed E-state index contributed by atoms with van der Waals surface area (Å²) in [6.07, 6.45) is -14.9. The van der Waals surface area contributed by atoms with Gasteiger partial charge in [-0.1, -0.05) is 6.92 Å². The van der Waals surface area contributed by atoms with Crippen molar-refractivity contribution in [2.24, 2.45) is 0 Å². The second-order valence-corrected chi connectivity index (χ2v) is 7.26. The van der Waals surface area contributed by atoms with E-state index in [0.717, 1.165) is 12.1 Å². The predicted octanol–water partition coefficient (Wildman–Crippen LogP) is 4.50. The van der Waals surface area contributed by atoms with Gasteiger partial charge in [-0.25, -0.2) is 9.59 Å². The zero-order valence-corrected chi connectivity index (χ0v) is 19.0. The number of nitrogens with zero attached hydrogens (tertiary/aromatic N) is 1. The number of ether oxygens (including phenoxy) is 5. The molecule has 2 atom stereocenters. The van der Waals surface area contributed by atoms with Crippen LogP contribution in [0.3, 0.4) is 0 Å². The number of rotatable bonds is 10. The third-order valence-electron chi connectivity index (χ3n) is 4.53. The van der Waals surface area contributed by atoms with E-state index in [1.807, 2.05) is 0 Å². The van der Waals surface area contributed by atoms with E-state index in [2.05, 4.69) is 23.8 Å². The molecule has 11 nitrogen and oxygen atoms in total. The molecule has 1 heterocycles. The molecule has 0 amide bonds. The molecule has 1 aromatic carbocycles. The summed E-state index contributed by atoms with van der Waals surface area (Å²) in [7, 11) is 0. The number of aryl methyl sites for hydroxylation is 1. The van der Waals surface area contributed by atoms with Gasteiger partial charge in [-0.15, -0.1) is 23.3 Å². The maximum atomic E-state index is 13.6. The van der Waals surface area contributed by atoms with Gasteiger partial charge in [0.2, 0.25) is 12.9 Å². The quantitative estimate of drug-likeness (QED) is 0.136. The molecule has 1 aromatic rings. The molecule has 17 heteroatoms. The van der Waals surface area contributed by atoms with E-state index < -0.39 is 72.4 Å². The van der Waals surface area contributed by atoms with Gasteiger partial charge < -0.3 is 28.5 Å². The minimum Gasteiger partial charge on any atom is -0.475 e. The molecule has 0 saturated carbocycles. The molecule has 1 aliphatic rings. The van der Waals surface area contributed by atoms with Crippen LogP contribution < -0.4 is 9.47 Å². The molecule has 37 heavy (non-hydrogen) atoms. The van der Waals surface area contributed by atoms with Crippen LogP contribution in [0, 0.1) is 10.1 Å². The molecule has 0 fully saturated rings. The fourth-order valence-corrected chi connectivity index (χ4v) is 2.99. The minimum atomic E-state index is -5.13. The van der Waals surface area contributed by atoms with Gasteiger partial charge in [-0.05, 0) is 37.1 Å². The molecular weight excluding hydrogens is 528 g/mol. The highest BCUT2D eigenvalue weighted by Crippen LogP contribution is 2.42. The number of hydrogen-bond donors (Lipinski definition) is 0. The Morgan fingerprint density at radius 3 is 2.41 bits per heavy atom. The average molecular weight is 547 g/mol. The Morgan fingerprint density at radius 1 is 1.16 bits per heavy atom. The molecule has 0 bridgehead atoms. The summed E-state index contributed by atoms with van der Waals surface area (Å²) in [5, 5.41) is 9.00. The van der Waals surface area contributed by atoms with Gasteiger partial charge in [0.15, 0.2) is 0 Å². The number of halogens is 6. The van der Waals surface area contributed by atoms with Crippen LogP contribution in [0.5, 0.6) is 11.5 Å². The Morgan fingerprint density at radius 2 is 1.84 bits per heavy atom. The lowest BCUT2D eigenvalue weighted by atomic mass is 9.97. The number of esters is 1. The molecule has 2 rings (SSSR count). The predicted molar refractivity (Wildman–Crippen MR) is 107 cm³/mol. The van der Waals surface area contributed by atoms with Crippen LogP contribution in [-0.4, -0.2) is 55.4 Å². The molecule has 0 aromatic heterocycles. The van der Waals surface area contributed by atoms with Crippen molar-refractivity contribution in [2.75, 3.05) is 13.4 Å². The SMILES string of the molecule is CCc1cc(OC(F)(F)F)cc2c1OC(C(F)(F)F)C(C(=O)OCOC(=O)O[C@@H](C)CCO[N+](=O)[O-])=C2. The molecular formula is C20H19F6NO10. The van der Waals surface area contributed by atoms with Crippen molar-refractivity contribution in [3.05, 3.63) is 38.9 Å². The first-order valence-corrected chi connectivity index (χ1v) is 10.3. The highest BCUT2D eigenvalue weighted by Gasteiger charge is 2.49. The highest BCUT2D eigenvalue weighted by molar-refractivity contribution is 5.96. The van der Waals surface area contributed by atoms with E-state index in [0.29, 0.717) is 6.08 Å². The smallest absolute Gasteiger partial charge is 0.475 e. The Kier molecular flexibility index (Phi) is 9.41. The van der Waals surface area contributed by atoms with Gasteiger partial charge in [-0.3, -0.25) is 0 Å². The van der Waals surface area contributed by atoms with Gasteiger partial charge >= 0.3 is 24.7 Å². The first-order valence-electron chi connectivity index (χ1n) is 10.3. The summed E-state index contributed by atoms with van der Waals surface area (Å²) in [4.78, 5) is 38.0. The maximum Gasteiger partial charge on any atom is 0.573 e. The fraction of sp³-hybridized carbons (Fsp3) is 0.500. The summed E-state index contributed by atoms with van der Waals surface area (Å²) in [5.74, 6) is -2.79. The minimum absolute atomic E-state index is 0.0257. The molecule has 206 valence electrons. The third-order valence-corrected chi connectivity index (χ3v) is 4.53. The molecule has 1 unspecified atom stereocenters. The zero-order valence-electron chi connectivity index (χ0n) is 19.0. The molecule has 0 aliphatic carbocycles. The van der Waals surface area contributed by atoms with Crippen LogP contribution in [0.1, 0.15) is 31.4 Å². The summed E-state index contributed by atoms with van der Waals surface area (Å²) < 4.78 is 101. The monoisotopic (exact) mass is 547 g/mol. The molecule has 1 aliphatic heterocycles. The molecule has 0 saturated heterocycles. The second kappa shape index (κ2) is 11.9.